The van der Waals surface area contributed by atoms with E-state index in [2.05, 4.69) is 0 Å². The molecule has 1 aromatic carbocycles. The first-order chi connectivity index (χ1) is 7.11. The van der Waals surface area contributed by atoms with E-state index in [0.717, 1.165) is 0 Å². The van der Waals surface area contributed by atoms with Crippen molar-refractivity contribution >= 4 is 5.97 Å². The first-order valence-electron chi connectivity index (χ1n) is 4.64. The Hall–Kier alpha value is -1.71. The highest BCUT2D eigenvalue weighted by atomic mass is 16.5. The fourth-order valence-electron chi connectivity index (χ4n) is 1.19. The Bertz CT molecular complexity index is 335. The highest BCUT2D eigenvalue weighted by Crippen LogP contribution is 2.20. The van der Waals surface area contributed by atoms with Crippen LogP contribution in [0.25, 0.3) is 0 Å². The molecule has 0 saturated heterocycles. The molecule has 0 bridgehead atoms. The largest absolute Gasteiger partial charge is 0.497 e. The minimum absolute atomic E-state index is 0.0167. The third kappa shape index (κ3) is 3.89. The van der Waals surface area contributed by atoms with E-state index in [9.17, 15) is 4.79 Å². The van der Waals surface area contributed by atoms with Crippen LogP contribution in [0.3, 0.4) is 0 Å². The number of carboxylic acid groups (broad SMARTS) is 1. The molecule has 0 heterocycles. The average molecular weight is 210 g/mol. The highest BCUT2D eigenvalue weighted by molar-refractivity contribution is 5.67. The molecule has 0 aliphatic carbocycles. The molecule has 1 atom stereocenters. The highest BCUT2D eigenvalue weighted by Gasteiger charge is 2.09. The SMILES string of the molecule is COc1cccc(OC(C)CC(=O)O)c1. The lowest BCUT2D eigenvalue weighted by atomic mass is 10.3. The van der Waals surface area contributed by atoms with Gasteiger partial charge in [-0.2, -0.15) is 0 Å². The zero-order valence-electron chi connectivity index (χ0n) is 8.77. The fraction of sp³-hybridized carbons (Fsp3) is 0.364. The number of rotatable bonds is 5. The molecule has 0 amide bonds. The zero-order valence-corrected chi connectivity index (χ0v) is 8.77. The van der Waals surface area contributed by atoms with Gasteiger partial charge in [-0.1, -0.05) is 6.07 Å². The lowest BCUT2D eigenvalue weighted by Crippen LogP contribution is -2.16. The Balaban J connectivity index is 2.59. The number of aliphatic carboxylic acids is 1. The van der Waals surface area contributed by atoms with Crippen LogP contribution in [0.15, 0.2) is 24.3 Å². The smallest absolute Gasteiger partial charge is 0.307 e. The van der Waals surface area contributed by atoms with Crippen molar-refractivity contribution in [1.29, 1.82) is 0 Å². The van der Waals surface area contributed by atoms with E-state index < -0.39 is 5.97 Å². The second kappa shape index (κ2) is 5.24. The predicted molar refractivity (Wildman–Crippen MR) is 55.3 cm³/mol. The quantitative estimate of drug-likeness (QED) is 0.806. The molecule has 0 spiro atoms. The van der Waals surface area contributed by atoms with Gasteiger partial charge in [-0.25, -0.2) is 0 Å². The van der Waals surface area contributed by atoms with Crippen LogP contribution < -0.4 is 9.47 Å². The topological polar surface area (TPSA) is 55.8 Å². The van der Waals surface area contributed by atoms with Crippen LogP contribution in [0.1, 0.15) is 13.3 Å². The van der Waals surface area contributed by atoms with Gasteiger partial charge in [-0.15, -0.1) is 0 Å². The summed E-state index contributed by atoms with van der Waals surface area (Å²) in [5.74, 6) is 0.434. The first-order valence-corrected chi connectivity index (χ1v) is 4.64. The van der Waals surface area contributed by atoms with E-state index in [1.165, 1.54) is 0 Å². The summed E-state index contributed by atoms with van der Waals surface area (Å²) in [6, 6.07) is 7.08. The number of carboxylic acids is 1. The molecule has 0 aromatic heterocycles. The van der Waals surface area contributed by atoms with E-state index in [1.807, 2.05) is 0 Å². The van der Waals surface area contributed by atoms with Crippen molar-refractivity contribution in [2.24, 2.45) is 0 Å². The van der Waals surface area contributed by atoms with E-state index >= 15 is 0 Å². The molecule has 1 aromatic rings. The number of carbonyl (C=O) groups is 1. The van der Waals surface area contributed by atoms with Gasteiger partial charge in [0.25, 0.3) is 0 Å². The zero-order chi connectivity index (χ0) is 11.3. The number of hydrogen-bond acceptors (Lipinski definition) is 3. The van der Waals surface area contributed by atoms with Crippen LogP contribution in [0.5, 0.6) is 11.5 Å². The Kier molecular flexibility index (Phi) is 3.97. The van der Waals surface area contributed by atoms with Gasteiger partial charge >= 0.3 is 5.97 Å². The van der Waals surface area contributed by atoms with Gasteiger partial charge in [0, 0.05) is 6.07 Å². The number of methoxy groups -OCH3 is 1. The number of ether oxygens (including phenoxy) is 2. The Morgan fingerprint density at radius 2 is 2.13 bits per heavy atom. The molecular weight excluding hydrogens is 196 g/mol. The molecule has 4 nitrogen and oxygen atoms in total. The van der Waals surface area contributed by atoms with Crippen molar-refractivity contribution in [2.45, 2.75) is 19.4 Å². The summed E-state index contributed by atoms with van der Waals surface area (Å²) in [5, 5.41) is 8.56. The minimum atomic E-state index is -0.870. The molecule has 4 heteroatoms. The van der Waals surface area contributed by atoms with Gasteiger partial charge in [-0.3, -0.25) is 4.79 Å². The van der Waals surface area contributed by atoms with Crippen molar-refractivity contribution < 1.29 is 19.4 Å². The number of benzene rings is 1. The van der Waals surface area contributed by atoms with Crippen LogP contribution >= 0.6 is 0 Å². The maximum absolute atomic E-state index is 10.4. The third-order valence-electron chi connectivity index (χ3n) is 1.84. The van der Waals surface area contributed by atoms with Gasteiger partial charge in [0.2, 0.25) is 0 Å². The summed E-state index contributed by atoms with van der Waals surface area (Å²) >= 11 is 0. The summed E-state index contributed by atoms with van der Waals surface area (Å²) in [4.78, 5) is 10.4. The molecule has 0 aliphatic rings. The molecule has 82 valence electrons. The summed E-state index contributed by atoms with van der Waals surface area (Å²) in [7, 11) is 1.57. The molecular formula is C11H14O4. The molecule has 1 rings (SSSR count). The van der Waals surface area contributed by atoms with Gasteiger partial charge in [0.05, 0.1) is 13.5 Å². The molecule has 1 unspecified atom stereocenters. The van der Waals surface area contributed by atoms with E-state index in [-0.39, 0.29) is 12.5 Å². The predicted octanol–water partition coefficient (Wildman–Crippen LogP) is 1.94. The van der Waals surface area contributed by atoms with Crippen LogP contribution in [0.4, 0.5) is 0 Å². The molecule has 15 heavy (non-hydrogen) atoms. The average Bonchev–Trinajstić information content (AvgIpc) is 2.16. The molecule has 0 radical (unpaired) electrons. The third-order valence-corrected chi connectivity index (χ3v) is 1.84. The normalized spacial score (nSPS) is 11.9. The summed E-state index contributed by atoms with van der Waals surface area (Å²) in [6.45, 7) is 1.72. The van der Waals surface area contributed by atoms with Gasteiger partial charge in [0.1, 0.15) is 17.6 Å². The lowest BCUT2D eigenvalue weighted by molar-refractivity contribution is -0.138. The van der Waals surface area contributed by atoms with Crippen LogP contribution in [-0.4, -0.2) is 24.3 Å². The van der Waals surface area contributed by atoms with Crippen molar-refractivity contribution in [2.75, 3.05) is 7.11 Å². The van der Waals surface area contributed by atoms with E-state index in [0.29, 0.717) is 11.5 Å². The van der Waals surface area contributed by atoms with Crippen LogP contribution in [0, 0.1) is 0 Å². The Morgan fingerprint density at radius 3 is 2.73 bits per heavy atom. The Morgan fingerprint density at radius 1 is 1.47 bits per heavy atom. The molecule has 1 N–H and O–H groups in total. The monoisotopic (exact) mass is 210 g/mol. The molecule has 0 fully saturated rings. The van der Waals surface area contributed by atoms with Crippen molar-refractivity contribution in [1.82, 2.24) is 0 Å². The van der Waals surface area contributed by atoms with Crippen LogP contribution in [-0.2, 0) is 4.79 Å². The summed E-state index contributed by atoms with van der Waals surface area (Å²) < 4.78 is 10.4. The standard InChI is InChI=1S/C11H14O4/c1-8(6-11(12)13)15-10-5-3-4-9(7-10)14-2/h3-5,7-8H,6H2,1-2H3,(H,12,13). The second-order valence-corrected chi connectivity index (χ2v) is 3.21. The minimum Gasteiger partial charge on any atom is -0.497 e. The molecule has 0 saturated carbocycles. The van der Waals surface area contributed by atoms with Gasteiger partial charge in [-0.05, 0) is 19.1 Å². The summed E-state index contributed by atoms with van der Waals surface area (Å²) in [6.07, 6.45) is -0.369. The van der Waals surface area contributed by atoms with Crippen molar-refractivity contribution in [3.05, 3.63) is 24.3 Å². The Labute approximate surface area is 88.4 Å². The van der Waals surface area contributed by atoms with Gasteiger partial charge < -0.3 is 14.6 Å². The van der Waals surface area contributed by atoms with Crippen molar-refractivity contribution in [3.63, 3.8) is 0 Å². The fourth-order valence-corrected chi connectivity index (χ4v) is 1.19. The maximum atomic E-state index is 10.4. The van der Waals surface area contributed by atoms with Crippen molar-refractivity contribution in [3.8, 4) is 11.5 Å². The van der Waals surface area contributed by atoms with E-state index in [1.54, 1.807) is 38.3 Å². The molecule has 0 aliphatic heterocycles. The second-order valence-electron chi connectivity index (χ2n) is 3.21. The van der Waals surface area contributed by atoms with Gasteiger partial charge in [0.15, 0.2) is 0 Å². The van der Waals surface area contributed by atoms with E-state index in [4.69, 9.17) is 14.6 Å². The van der Waals surface area contributed by atoms with Crippen LogP contribution in [0.2, 0.25) is 0 Å². The summed E-state index contributed by atoms with van der Waals surface area (Å²) in [5.41, 5.74) is 0. The lowest BCUT2D eigenvalue weighted by Gasteiger charge is -2.13. The first kappa shape index (κ1) is 11.4. The number of hydrogen-bond donors (Lipinski definition) is 1. The maximum Gasteiger partial charge on any atom is 0.307 e.